The Labute approximate surface area is 124 Å². The smallest absolute Gasteiger partial charge is 0.282 e. The van der Waals surface area contributed by atoms with Crippen molar-refractivity contribution in [3.05, 3.63) is 29.2 Å². The highest BCUT2D eigenvalue weighted by molar-refractivity contribution is 7.86. The Hall–Kier alpha value is -2.46. The summed E-state index contributed by atoms with van der Waals surface area (Å²) in [6.07, 6.45) is 0. The van der Waals surface area contributed by atoms with Crippen LogP contribution in [0.4, 0.5) is 0 Å². The molecule has 0 unspecified atom stereocenters. The fraction of sp³-hybridized carbons (Fsp3) is 0.250. The molecule has 4 aromatic heterocycles. The third kappa shape index (κ3) is 1.56. The van der Waals surface area contributed by atoms with Crippen LogP contribution in [0.15, 0.2) is 17.0 Å². The van der Waals surface area contributed by atoms with E-state index >= 15 is 0 Å². The largest absolute Gasteiger partial charge is 0.300 e. The van der Waals surface area contributed by atoms with E-state index in [1.807, 2.05) is 6.92 Å². The molecule has 10 heteroatoms. The molecule has 22 heavy (non-hydrogen) atoms. The Morgan fingerprint density at radius 2 is 1.41 bits per heavy atom. The summed E-state index contributed by atoms with van der Waals surface area (Å²) >= 11 is 0. The first-order valence-electron chi connectivity index (χ1n) is 6.49. The van der Waals surface area contributed by atoms with Gasteiger partial charge in [0.2, 0.25) is 0 Å². The molecule has 0 aliphatic heterocycles. The number of hydrogen-bond acceptors (Lipinski definition) is 5. The highest BCUT2D eigenvalue weighted by Gasteiger charge is 2.26. The van der Waals surface area contributed by atoms with Crippen LogP contribution in [0.25, 0.3) is 16.9 Å². The molecule has 0 amide bonds. The van der Waals surface area contributed by atoms with Crippen LogP contribution in [0.1, 0.15) is 17.1 Å². The second-order valence-electron chi connectivity index (χ2n) is 5.24. The maximum Gasteiger partial charge on any atom is 0.300 e. The fourth-order valence-electron chi connectivity index (χ4n) is 2.75. The van der Waals surface area contributed by atoms with Gasteiger partial charge in [0, 0.05) is 12.1 Å². The van der Waals surface area contributed by atoms with Crippen molar-refractivity contribution in [3.8, 4) is 0 Å². The maximum atomic E-state index is 11.8. The molecule has 1 N–H and O–H groups in total. The number of aromatic nitrogens is 6. The molecule has 0 atom stereocenters. The summed E-state index contributed by atoms with van der Waals surface area (Å²) in [7, 11) is -4.43. The topological polar surface area (TPSA) is 106 Å². The second-order valence-corrected chi connectivity index (χ2v) is 6.59. The van der Waals surface area contributed by atoms with Gasteiger partial charge in [-0.3, -0.25) is 4.55 Å². The first kappa shape index (κ1) is 13.2. The average molecular weight is 320 g/mol. The number of aryl methyl sites for hydroxylation is 3. The lowest BCUT2D eigenvalue weighted by atomic mass is 10.4. The van der Waals surface area contributed by atoms with Crippen molar-refractivity contribution in [3.63, 3.8) is 0 Å². The highest BCUT2D eigenvalue weighted by atomic mass is 32.2. The quantitative estimate of drug-likeness (QED) is 0.520. The third-order valence-corrected chi connectivity index (χ3v) is 4.49. The van der Waals surface area contributed by atoms with Crippen LogP contribution in [0.5, 0.6) is 0 Å². The summed E-state index contributed by atoms with van der Waals surface area (Å²) in [6.45, 7) is 5.15. The Morgan fingerprint density at radius 3 is 1.95 bits per heavy atom. The summed E-state index contributed by atoms with van der Waals surface area (Å²) < 4.78 is 37.6. The number of rotatable bonds is 1. The predicted molar refractivity (Wildman–Crippen MR) is 76.7 cm³/mol. The lowest BCUT2D eigenvalue weighted by molar-refractivity contribution is 0.483. The van der Waals surface area contributed by atoms with Crippen LogP contribution in [0, 0.1) is 20.8 Å². The molecule has 4 heterocycles. The molecule has 0 radical (unpaired) electrons. The van der Waals surface area contributed by atoms with Gasteiger partial charge in [0.05, 0.1) is 17.1 Å². The van der Waals surface area contributed by atoms with Gasteiger partial charge in [-0.05, 0) is 20.8 Å². The molecule has 114 valence electrons. The zero-order valence-electron chi connectivity index (χ0n) is 12.0. The van der Waals surface area contributed by atoms with Gasteiger partial charge in [0.25, 0.3) is 10.1 Å². The van der Waals surface area contributed by atoms with E-state index in [-0.39, 0.29) is 16.2 Å². The van der Waals surface area contributed by atoms with Gasteiger partial charge >= 0.3 is 0 Å². The number of nitrogens with zero attached hydrogens (tertiary/aromatic N) is 6. The van der Waals surface area contributed by atoms with Crippen molar-refractivity contribution in [1.82, 2.24) is 28.8 Å². The van der Waals surface area contributed by atoms with Gasteiger partial charge in [0.1, 0.15) is 0 Å². The van der Waals surface area contributed by atoms with Crippen molar-refractivity contribution in [2.45, 2.75) is 25.7 Å². The molecule has 0 aromatic carbocycles. The summed E-state index contributed by atoms with van der Waals surface area (Å²) in [5, 5.41) is 12.9. The fourth-order valence-corrected chi connectivity index (χ4v) is 3.56. The van der Waals surface area contributed by atoms with Crippen LogP contribution >= 0.6 is 0 Å². The lowest BCUT2D eigenvalue weighted by Crippen LogP contribution is -2.08. The molecule has 4 rings (SSSR count). The van der Waals surface area contributed by atoms with Crippen molar-refractivity contribution in [2.75, 3.05) is 0 Å². The molecule has 9 nitrogen and oxygen atoms in total. The number of fused-ring (bicyclic) bond motifs is 6. The van der Waals surface area contributed by atoms with Gasteiger partial charge in [-0.25, -0.2) is 0 Å². The predicted octanol–water partition coefficient (Wildman–Crippen LogP) is 0.802. The summed E-state index contributed by atoms with van der Waals surface area (Å²) in [6, 6.07) is 3.57. The molecule has 0 bridgehead atoms. The van der Waals surface area contributed by atoms with Crippen molar-refractivity contribution in [1.29, 1.82) is 0 Å². The lowest BCUT2D eigenvalue weighted by Gasteiger charge is -2.03. The van der Waals surface area contributed by atoms with E-state index < -0.39 is 10.1 Å². The molecule has 4 aromatic rings. The van der Waals surface area contributed by atoms with E-state index in [9.17, 15) is 13.0 Å². The zero-order chi connectivity index (χ0) is 15.8. The summed E-state index contributed by atoms with van der Waals surface area (Å²) in [5.74, 6) is 0. The van der Waals surface area contributed by atoms with E-state index in [0.717, 1.165) is 5.69 Å². The van der Waals surface area contributed by atoms with Gasteiger partial charge < -0.3 is 0 Å². The van der Waals surface area contributed by atoms with E-state index in [4.69, 9.17) is 0 Å². The van der Waals surface area contributed by atoms with Crippen molar-refractivity contribution < 1.29 is 13.0 Å². The first-order valence-corrected chi connectivity index (χ1v) is 7.93. The third-order valence-electron chi connectivity index (χ3n) is 3.50. The van der Waals surface area contributed by atoms with E-state index in [1.165, 1.54) is 16.0 Å². The minimum absolute atomic E-state index is 0.190. The molecule has 0 saturated carbocycles. The van der Waals surface area contributed by atoms with E-state index in [0.29, 0.717) is 17.0 Å². The zero-order valence-corrected chi connectivity index (χ0v) is 12.8. The molecule has 0 aliphatic carbocycles. The summed E-state index contributed by atoms with van der Waals surface area (Å²) in [4.78, 5) is -0.248. The second kappa shape index (κ2) is 3.84. The first-order chi connectivity index (χ1) is 10.3. The van der Waals surface area contributed by atoms with Crippen LogP contribution < -0.4 is 0 Å². The molecular weight excluding hydrogens is 308 g/mol. The Kier molecular flexibility index (Phi) is 2.31. The van der Waals surface area contributed by atoms with Crippen molar-refractivity contribution >= 4 is 27.1 Å². The maximum absolute atomic E-state index is 11.8. The van der Waals surface area contributed by atoms with Gasteiger partial charge in [-0.15, -0.1) is 0 Å². The minimum Gasteiger partial charge on any atom is -0.282 e. The van der Waals surface area contributed by atoms with Crippen LogP contribution in [0.3, 0.4) is 0 Å². The standard InChI is InChI=1S/C12H12N6O3S/c1-6-4-10-16(13-6)9-5-7(2)14-17(9)12-11(22(19,20)21)8(3)15-18(10)12/h4-5H,1-3H3,(H,19,20,21). The van der Waals surface area contributed by atoms with Gasteiger partial charge in [-0.1, -0.05) is 0 Å². The minimum atomic E-state index is -4.43. The SMILES string of the molecule is Cc1cc2n(n1)c1cc(C)nn1c1c(S(=O)(=O)O)c(C)nn21. The Balaban J connectivity index is 2.43. The van der Waals surface area contributed by atoms with Crippen LogP contribution in [-0.2, 0) is 10.1 Å². The van der Waals surface area contributed by atoms with Gasteiger partial charge in [-0.2, -0.15) is 37.3 Å². The average Bonchev–Trinajstić information content (AvgIpc) is 3.01. The van der Waals surface area contributed by atoms with Gasteiger partial charge in [0.15, 0.2) is 21.8 Å². The summed E-state index contributed by atoms with van der Waals surface area (Å²) in [5.41, 5.74) is 3.03. The molecule has 0 aliphatic rings. The molecule has 0 saturated heterocycles. The normalized spacial score (nSPS) is 12.9. The van der Waals surface area contributed by atoms with Crippen LogP contribution in [0.2, 0.25) is 0 Å². The van der Waals surface area contributed by atoms with Crippen molar-refractivity contribution in [2.24, 2.45) is 0 Å². The Bertz CT molecular complexity index is 1150. The number of hydrogen-bond donors (Lipinski definition) is 1. The van der Waals surface area contributed by atoms with Crippen LogP contribution in [-0.4, -0.2) is 41.8 Å². The molecule has 0 fully saturated rings. The van der Waals surface area contributed by atoms with E-state index in [2.05, 4.69) is 15.3 Å². The Morgan fingerprint density at radius 1 is 0.909 bits per heavy atom. The van der Waals surface area contributed by atoms with E-state index in [1.54, 1.807) is 23.6 Å². The monoisotopic (exact) mass is 320 g/mol. The highest BCUT2D eigenvalue weighted by Crippen LogP contribution is 2.24. The molecule has 0 spiro atoms. The molecular formula is C12H12N6O3S.